The van der Waals surface area contributed by atoms with Gasteiger partial charge in [-0.2, -0.15) is 11.8 Å². The number of ether oxygens (including phenoxy) is 1. The molecule has 0 aliphatic carbocycles. The van der Waals surface area contributed by atoms with Crippen LogP contribution >= 0.6 is 19.6 Å². The summed E-state index contributed by atoms with van der Waals surface area (Å²) in [5, 5.41) is 0. The number of likely N-dealkylation sites (N-methyl/N-ethyl adjacent to an activating group) is 1. The van der Waals surface area contributed by atoms with Crippen LogP contribution in [-0.4, -0.2) is 85.5 Å². The van der Waals surface area contributed by atoms with Gasteiger partial charge in [-0.25, -0.2) is 0 Å². The molecule has 0 N–H and O–H groups in total. The van der Waals surface area contributed by atoms with E-state index in [-0.39, 0.29) is 10.8 Å². The number of nitrogens with zero attached hydrogens (tertiary/aromatic N) is 1. The van der Waals surface area contributed by atoms with Crippen LogP contribution in [0.3, 0.4) is 0 Å². The minimum absolute atomic E-state index is 0.117. The van der Waals surface area contributed by atoms with Gasteiger partial charge in [0.1, 0.15) is 13.2 Å². The van der Waals surface area contributed by atoms with E-state index in [0.717, 1.165) is 17.4 Å². The van der Waals surface area contributed by atoms with Crippen molar-refractivity contribution in [2.75, 3.05) is 61.4 Å². The number of carbonyl (C=O) groups is 1. The first-order chi connectivity index (χ1) is 12.7. The maximum absolute atomic E-state index is 11.7. The van der Waals surface area contributed by atoms with Crippen LogP contribution < -0.4 is 0 Å². The van der Waals surface area contributed by atoms with Gasteiger partial charge < -0.3 is 22.5 Å². The Hall–Kier alpha value is -0.113. The van der Waals surface area contributed by atoms with E-state index >= 15 is 0 Å². The Morgan fingerprint density at radius 1 is 1.00 bits per heavy atom. The second-order valence-electron chi connectivity index (χ2n) is 6.93. The van der Waals surface area contributed by atoms with Crippen molar-refractivity contribution in [1.82, 2.24) is 0 Å². The number of hydrogen-bond acceptors (Lipinski definition) is 6. The summed E-state index contributed by atoms with van der Waals surface area (Å²) in [5.41, 5.74) is 0. The molecule has 0 spiro atoms. The number of rotatable bonds is 12. The van der Waals surface area contributed by atoms with Crippen molar-refractivity contribution >= 4 is 34.3 Å². The second-order valence-corrected chi connectivity index (χ2v) is 13.7. The van der Waals surface area contributed by atoms with E-state index < -0.39 is 16.6 Å². The van der Waals surface area contributed by atoms with E-state index in [1.165, 1.54) is 0 Å². The average molecular weight is 500 g/mol. The third-order valence-electron chi connectivity index (χ3n) is 3.27. The fourth-order valence-electron chi connectivity index (χ4n) is 1.90. The zero-order chi connectivity index (χ0) is 23.6. The molecule has 1 atom stereocenters. The number of quaternary nitrogens is 1. The first-order valence-corrected chi connectivity index (χ1v) is 13.4. The first-order valence-electron chi connectivity index (χ1n) is 8.49. The fraction of sp³-hybridized carbons (Fsp3) is 0.929. The Balaban J connectivity index is 0. The van der Waals surface area contributed by atoms with Crippen LogP contribution in [0, 0.1) is 0 Å². The zero-order valence-corrected chi connectivity index (χ0v) is 20.4. The van der Waals surface area contributed by atoms with Gasteiger partial charge in [-0.05, 0) is 6.42 Å². The maximum atomic E-state index is 11.7. The first kappa shape index (κ1) is 31.1. The molecule has 1 unspecified atom stereocenters. The molecule has 0 aromatic heterocycles. The van der Waals surface area contributed by atoms with Gasteiger partial charge in [0.15, 0.2) is 0 Å². The molecule has 0 rings (SSSR count). The molecule has 0 saturated heterocycles. The number of esters is 1. The van der Waals surface area contributed by atoms with Crippen LogP contribution in [0.1, 0.15) is 19.8 Å². The number of halogens is 6. The fourth-order valence-corrected chi connectivity index (χ4v) is 6.53. The molecule has 0 aromatic rings. The molecule has 0 amide bonds. The van der Waals surface area contributed by atoms with E-state index in [9.17, 15) is 30.0 Å². The molecule has 6 nitrogen and oxygen atoms in total. The SMILES string of the molecule is CCC(SCCC(=O)OCC[N+](C)(C)C)[Si](OC)(OC)OC.F[P-](F)(F)(F)(F)F. The van der Waals surface area contributed by atoms with Crippen LogP contribution in [0.5, 0.6) is 0 Å². The van der Waals surface area contributed by atoms with Crippen molar-refractivity contribution in [1.29, 1.82) is 0 Å². The van der Waals surface area contributed by atoms with Crippen LogP contribution in [0.2, 0.25) is 0 Å². The third-order valence-corrected chi connectivity index (χ3v) is 8.71. The van der Waals surface area contributed by atoms with Crippen LogP contribution in [-0.2, 0) is 22.8 Å². The number of thioether (sulfide) groups is 1. The zero-order valence-electron chi connectivity index (χ0n) is 17.7. The van der Waals surface area contributed by atoms with E-state index in [1.54, 1.807) is 33.1 Å². The summed E-state index contributed by atoms with van der Waals surface area (Å²) in [4.78, 5) is 11.8. The van der Waals surface area contributed by atoms with Gasteiger partial charge in [0.25, 0.3) is 0 Å². The van der Waals surface area contributed by atoms with E-state index in [4.69, 9.17) is 18.0 Å². The number of carbonyl (C=O) groups excluding carboxylic acids is 1. The summed E-state index contributed by atoms with van der Waals surface area (Å²) in [5.74, 6) is 0.516. The monoisotopic (exact) mass is 499 g/mol. The van der Waals surface area contributed by atoms with Crippen molar-refractivity contribution in [2.24, 2.45) is 0 Å². The predicted molar refractivity (Wildman–Crippen MR) is 105 cm³/mol. The molecular formula is C14H32F6NO5PSSi. The van der Waals surface area contributed by atoms with Gasteiger partial charge in [-0.3, -0.25) is 4.79 Å². The topological polar surface area (TPSA) is 54.0 Å². The van der Waals surface area contributed by atoms with Crippen molar-refractivity contribution in [3.8, 4) is 0 Å². The minimum atomic E-state index is -10.7. The van der Waals surface area contributed by atoms with Gasteiger partial charge in [-0.1, -0.05) is 6.92 Å². The van der Waals surface area contributed by atoms with Gasteiger partial charge in [-0.15, -0.1) is 0 Å². The third kappa shape index (κ3) is 20.9. The normalized spacial score (nSPS) is 16.2. The average Bonchev–Trinajstić information content (AvgIpc) is 2.50. The number of hydrogen-bond donors (Lipinski definition) is 0. The van der Waals surface area contributed by atoms with Crippen molar-refractivity contribution < 1.29 is 52.5 Å². The summed E-state index contributed by atoms with van der Waals surface area (Å²) in [6, 6.07) is 0. The molecule has 0 aromatic carbocycles. The summed E-state index contributed by atoms with van der Waals surface area (Å²) in [6.07, 6.45) is 1.25. The molecule has 29 heavy (non-hydrogen) atoms. The molecule has 15 heteroatoms. The molecular weight excluding hydrogens is 467 g/mol. The van der Waals surface area contributed by atoms with Crippen molar-refractivity contribution in [3.63, 3.8) is 0 Å². The molecule has 0 heterocycles. The van der Waals surface area contributed by atoms with Gasteiger partial charge in [0.2, 0.25) is 0 Å². The van der Waals surface area contributed by atoms with Crippen LogP contribution in [0.15, 0.2) is 0 Å². The molecule has 180 valence electrons. The Labute approximate surface area is 173 Å². The summed E-state index contributed by atoms with van der Waals surface area (Å²) in [6.45, 7) is 3.33. The summed E-state index contributed by atoms with van der Waals surface area (Å²) in [7, 11) is -2.27. The molecule has 0 bridgehead atoms. The second kappa shape index (κ2) is 11.0. The van der Waals surface area contributed by atoms with Gasteiger partial charge in [0.05, 0.1) is 32.4 Å². The summed E-state index contributed by atoms with van der Waals surface area (Å²) < 4.78 is 81.7. The predicted octanol–water partition coefficient (Wildman–Crippen LogP) is 4.94. The summed E-state index contributed by atoms with van der Waals surface area (Å²) >= 11 is 1.65. The standard InChI is InChI=1S/C14H32NO5SSi.F6P/c1-8-14(22(17-5,18-6)19-7)21-12-9-13(16)20-11-10-15(2,3)4;1-7(2,3,4,5)6/h14H,8-12H2,1-7H3;/q+1;-1. The Bertz CT molecular complexity index is 482. The Kier molecular flexibility index (Phi) is 11.7. The van der Waals surface area contributed by atoms with Crippen LogP contribution in [0.4, 0.5) is 25.2 Å². The Morgan fingerprint density at radius 3 is 1.72 bits per heavy atom. The van der Waals surface area contributed by atoms with Crippen molar-refractivity contribution in [3.05, 3.63) is 0 Å². The van der Waals surface area contributed by atoms with E-state index in [2.05, 4.69) is 28.1 Å². The van der Waals surface area contributed by atoms with Crippen molar-refractivity contribution in [2.45, 2.75) is 24.6 Å². The Morgan fingerprint density at radius 2 is 1.41 bits per heavy atom. The van der Waals surface area contributed by atoms with Gasteiger partial charge in [0, 0.05) is 27.1 Å². The molecule has 0 saturated carbocycles. The van der Waals surface area contributed by atoms with E-state index in [0.29, 0.717) is 18.8 Å². The quantitative estimate of drug-likeness (QED) is 0.125. The van der Waals surface area contributed by atoms with Gasteiger partial charge >= 0.3 is 47.8 Å². The van der Waals surface area contributed by atoms with E-state index in [1.807, 2.05) is 0 Å². The van der Waals surface area contributed by atoms with Crippen LogP contribution in [0.25, 0.3) is 0 Å². The molecule has 0 fully saturated rings. The molecule has 0 aliphatic heterocycles. The molecule has 0 aliphatic rings. The molecule has 0 radical (unpaired) electrons.